The maximum Gasteiger partial charge on any atom is 0.261 e. The number of ether oxygens (including phenoxy) is 1. The van der Waals surface area contributed by atoms with Gasteiger partial charge in [0, 0.05) is 24.0 Å². The van der Waals surface area contributed by atoms with Crippen LogP contribution in [0.4, 0.5) is 0 Å². The van der Waals surface area contributed by atoms with E-state index in [1.165, 1.54) is 11.0 Å². The number of hydrogen-bond acceptors (Lipinski definition) is 3. The molecular weight excluding hydrogens is 542 g/mol. The van der Waals surface area contributed by atoms with Gasteiger partial charge in [0.1, 0.15) is 11.8 Å². The fourth-order valence-corrected chi connectivity index (χ4v) is 4.37. The van der Waals surface area contributed by atoms with Crippen molar-refractivity contribution in [3.8, 4) is 5.75 Å². The first-order valence-electron chi connectivity index (χ1n) is 11.3. The van der Waals surface area contributed by atoms with Crippen LogP contribution < -0.4 is 10.1 Å². The zero-order valence-electron chi connectivity index (χ0n) is 19.8. The van der Waals surface area contributed by atoms with Gasteiger partial charge in [-0.3, -0.25) is 9.59 Å². The highest BCUT2D eigenvalue weighted by atomic mass is 35.5. The Kier molecular flexibility index (Phi) is 10.3. The number of carbonyl (C=O) groups is 2. The van der Waals surface area contributed by atoms with Gasteiger partial charge in [0.2, 0.25) is 5.91 Å². The molecule has 0 spiro atoms. The Balaban J connectivity index is 1.94. The second-order valence-electron chi connectivity index (χ2n) is 8.50. The molecule has 0 aromatic heterocycles. The van der Waals surface area contributed by atoms with Crippen molar-refractivity contribution >= 4 is 58.2 Å². The Hall–Kier alpha value is -2.44. The van der Waals surface area contributed by atoms with E-state index < -0.39 is 11.9 Å². The summed E-state index contributed by atoms with van der Waals surface area (Å²) in [6, 6.07) is 18.5. The summed E-state index contributed by atoms with van der Waals surface area (Å²) in [6.45, 7) is 3.53. The molecule has 1 atom stereocenters. The lowest BCUT2D eigenvalue weighted by molar-refractivity contribution is -0.143. The van der Waals surface area contributed by atoms with Crippen molar-refractivity contribution in [2.45, 2.75) is 38.9 Å². The predicted octanol–water partition coefficient (Wildman–Crippen LogP) is 6.84. The van der Waals surface area contributed by atoms with Crippen molar-refractivity contribution < 1.29 is 14.3 Å². The zero-order chi connectivity index (χ0) is 26.2. The minimum absolute atomic E-state index is 0.109. The maximum absolute atomic E-state index is 13.6. The van der Waals surface area contributed by atoms with E-state index in [9.17, 15) is 9.59 Å². The lowest BCUT2D eigenvalue weighted by Gasteiger charge is -2.32. The average Bonchev–Trinajstić information content (AvgIpc) is 2.83. The van der Waals surface area contributed by atoms with E-state index >= 15 is 0 Å². The number of benzene rings is 3. The Bertz CT molecular complexity index is 1200. The summed E-state index contributed by atoms with van der Waals surface area (Å²) in [7, 11) is 0. The summed E-state index contributed by atoms with van der Waals surface area (Å²) in [5, 5.41) is 4.43. The Labute approximate surface area is 231 Å². The predicted molar refractivity (Wildman–Crippen MR) is 146 cm³/mol. The normalized spacial score (nSPS) is 11.8. The molecule has 0 aliphatic carbocycles. The second kappa shape index (κ2) is 13.2. The van der Waals surface area contributed by atoms with Gasteiger partial charge in [0.15, 0.2) is 6.61 Å². The van der Waals surface area contributed by atoms with E-state index in [1.807, 2.05) is 44.2 Å². The van der Waals surface area contributed by atoms with E-state index in [0.29, 0.717) is 27.2 Å². The molecule has 0 unspecified atom stereocenters. The Morgan fingerprint density at radius 3 is 2.22 bits per heavy atom. The lowest BCUT2D eigenvalue weighted by Crippen LogP contribution is -2.52. The third-order valence-electron chi connectivity index (χ3n) is 5.28. The second-order valence-corrected chi connectivity index (χ2v) is 10.2. The van der Waals surface area contributed by atoms with Gasteiger partial charge in [0.25, 0.3) is 5.91 Å². The molecule has 36 heavy (non-hydrogen) atoms. The summed E-state index contributed by atoms with van der Waals surface area (Å²) < 4.78 is 5.72. The molecule has 0 bridgehead atoms. The lowest BCUT2D eigenvalue weighted by atomic mass is 10.0. The average molecular weight is 568 g/mol. The summed E-state index contributed by atoms with van der Waals surface area (Å²) in [5.74, 6) is -0.353. The SMILES string of the molecule is CC(C)NC(=O)[C@@H](Cc1ccccc1)N(Cc1ccc(Cl)c(Cl)c1)C(=O)COc1ccc(Cl)cc1Cl. The molecular formula is C27H26Cl4N2O3. The number of halogens is 4. The Morgan fingerprint density at radius 1 is 0.861 bits per heavy atom. The van der Waals surface area contributed by atoms with E-state index in [4.69, 9.17) is 51.1 Å². The number of hydrogen-bond donors (Lipinski definition) is 1. The summed E-state index contributed by atoms with van der Waals surface area (Å²) in [5.41, 5.74) is 1.63. The molecule has 0 heterocycles. The zero-order valence-corrected chi connectivity index (χ0v) is 22.8. The summed E-state index contributed by atoms with van der Waals surface area (Å²) in [4.78, 5) is 28.4. The Morgan fingerprint density at radius 2 is 1.58 bits per heavy atom. The first kappa shape index (κ1) is 28.1. The maximum atomic E-state index is 13.6. The van der Waals surface area contributed by atoms with Crippen molar-refractivity contribution in [1.82, 2.24) is 10.2 Å². The first-order valence-corrected chi connectivity index (χ1v) is 12.8. The quantitative estimate of drug-likeness (QED) is 0.291. The monoisotopic (exact) mass is 566 g/mol. The number of carbonyl (C=O) groups excluding carboxylic acids is 2. The van der Waals surface area contributed by atoms with E-state index in [2.05, 4.69) is 5.32 Å². The summed E-state index contributed by atoms with van der Waals surface area (Å²) in [6.07, 6.45) is 0.314. The van der Waals surface area contributed by atoms with Gasteiger partial charge in [-0.25, -0.2) is 0 Å². The van der Waals surface area contributed by atoms with Crippen molar-refractivity contribution in [3.05, 3.63) is 97.9 Å². The molecule has 0 saturated carbocycles. The third-order valence-corrected chi connectivity index (χ3v) is 6.55. The highest BCUT2D eigenvalue weighted by Crippen LogP contribution is 2.28. The van der Waals surface area contributed by atoms with Gasteiger partial charge >= 0.3 is 0 Å². The molecule has 9 heteroatoms. The van der Waals surface area contributed by atoms with Gasteiger partial charge < -0.3 is 15.0 Å². The van der Waals surface area contributed by atoms with E-state index in [1.54, 1.807) is 30.3 Å². The standard InChI is InChI=1S/C27H26Cl4N2O3/c1-17(2)32-27(35)24(13-18-6-4-3-5-7-18)33(15-19-8-10-21(29)22(30)12-19)26(34)16-36-25-11-9-20(28)14-23(25)31/h3-12,14,17,24H,13,15-16H2,1-2H3,(H,32,35)/t24-/m1/s1. The van der Waals surface area contributed by atoms with Crippen molar-refractivity contribution in [2.24, 2.45) is 0 Å². The molecule has 190 valence electrons. The minimum atomic E-state index is -0.805. The van der Waals surface area contributed by atoms with Crippen LogP contribution in [-0.2, 0) is 22.6 Å². The van der Waals surface area contributed by atoms with Crippen LogP contribution >= 0.6 is 46.4 Å². The van der Waals surface area contributed by atoms with E-state index in [0.717, 1.165) is 11.1 Å². The van der Waals surface area contributed by atoms with Crippen LogP contribution in [0, 0.1) is 0 Å². The summed E-state index contributed by atoms with van der Waals surface area (Å²) >= 11 is 24.5. The minimum Gasteiger partial charge on any atom is -0.482 e. The molecule has 1 N–H and O–H groups in total. The fourth-order valence-electron chi connectivity index (χ4n) is 3.58. The molecule has 3 aromatic rings. The third kappa shape index (κ3) is 8.04. The van der Waals surface area contributed by atoms with Crippen LogP contribution in [-0.4, -0.2) is 35.4 Å². The molecule has 0 fully saturated rings. The van der Waals surface area contributed by atoms with Gasteiger partial charge in [0.05, 0.1) is 15.1 Å². The van der Waals surface area contributed by atoms with Gasteiger partial charge in [-0.2, -0.15) is 0 Å². The van der Waals surface area contributed by atoms with Crippen LogP contribution in [0.25, 0.3) is 0 Å². The fraction of sp³-hybridized carbons (Fsp3) is 0.259. The highest BCUT2D eigenvalue weighted by Gasteiger charge is 2.31. The van der Waals surface area contributed by atoms with Gasteiger partial charge in [-0.15, -0.1) is 0 Å². The smallest absolute Gasteiger partial charge is 0.261 e. The molecule has 0 radical (unpaired) electrons. The number of nitrogens with zero attached hydrogens (tertiary/aromatic N) is 1. The molecule has 3 rings (SSSR count). The number of rotatable bonds is 10. The van der Waals surface area contributed by atoms with Crippen molar-refractivity contribution in [2.75, 3.05) is 6.61 Å². The molecule has 0 saturated heterocycles. The van der Waals surface area contributed by atoms with Crippen LogP contribution in [0.5, 0.6) is 5.75 Å². The molecule has 3 aromatic carbocycles. The topological polar surface area (TPSA) is 58.6 Å². The highest BCUT2D eigenvalue weighted by molar-refractivity contribution is 6.42. The first-order chi connectivity index (χ1) is 17.1. The molecule has 2 amide bonds. The molecule has 5 nitrogen and oxygen atoms in total. The van der Waals surface area contributed by atoms with Crippen molar-refractivity contribution in [1.29, 1.82) is 0 Å². The van der Waals surface area contributed by atoms with Gasteiger partial charge in [-0.1, -0.05) is 82.8 Å². The molecule has 0 aliphatic rings. The molecule has 0 aliphatic heterocycles. The largest absolute Gasteiger partial charge is 0.482 e. The van der Waals surface area contributed by atoms with Crippen LogP contribution in [0.2, 0.25) is 20.1 Å². The number of amides is 2. The van der Waals surface area contributed by atoms with Crippen LogP contribution in [0.3, 0.4) is 0 Å². The van der Waals surface area contributed by atoms with Crippen LogP contribution in [0.15, 0.2) is 66.7 Å². The van der Waals surface area contributed by atoms with E-state index in [-0.39, 0.29) is 30.1 Å². The van der Waals surface area contributed by atoms with Crippen molar-refractivity contribution in [3.63, 3.8) is 0 Å². The van der Waals surface area contributed by atoms with Gasteiger partial charge in [-0.05, 0) is 55.3 Å². The number of nitrogens with one attached hydrogen (secondary N) is 1. The van der Waals surface area contributed by atoms with Crippen LogP contribution in [0.1, 0.15) is 25.0 Å².